The fourth-order valence-electron chi connectivity index (χ4n) is 2.71. The number of nitrogens with zero attached hydrogens (tertiary/aromatic N) is 1. The van der Waals surface area contributed by atoms with Crippen molar-refractivity contribution < 1.29 is 14.3 Å². The Morgan fingerprint density at radius 2 is 1.95 bits per heavy atom. The van der Waals surface area contributed by atoms with Crippen molar-refractivity contribution in [3.8, 4) is 0 Å². The number of ether oxygens (including phenoxy) is 1. The molecule has 1 atom stereocenters. The Morgan fingerprint density at radius 3 is 2.47 bits per heavy atom. The van der Waals surface area contributed by atoms with Gasteiger partial charge in [0, 0.05) is 19.0 Å². The molecule has 0 aromatic carbocycles. The van der Waals surface area contributed by atoms with E-state index in [9.17, 15) is 9.59 Å². The second-order valence-electron chi connectivity index (χ2n) is 5.51. The number of carbonyl (C=O) groups excluding carboxylic acids is 2. The maximum Gasteiger partial charge on any atom is 0.310 e. The zero-order valence-corrected chi connectivity index (χ0v) is 12.5. The van der Waals surface area contributed by atoms with Crippen LogP contribution < -0.4 is 0 Å². The molecule has 1 aliphatic carbocycles. The second-order valence-corrected chi connectivity index (χ2v) is 5.51. The molecule has 110 valence electrons. The summed E-state index contributed by atoms with van der Waals surface area (Å²) in [5.41, 5.74) is 0. The third-order valence-corrected chi connectivity index (χ3v) is 3.90. The molecule has 1 rings (SSSR count). The van der Waals surface area contributed by atoms with Crippen LogP contribution in [0.25, 0.3) is 0 Å². The Labute approximate surface area is 116 Å². The van der Waals surface area contributed by atoms with E-state index >= 15 is 0 Å². The van der Waals surface area contributed by atoms with Crippen LogP contribution in [0.2, 0.25) is 0 Å². The molecule has 19 heavy (non-hydrogen) atoms. The fraction of sp³-hybridized carbons (Fsp3) is 0.867. The van der Waals surface area contributed by atoms with Crippen molar-refractivity contribution in [3.05, 3.63) is 0 Å². The van der Waals surface area contributed by atoms with Crippen molar-refractivity contribution in [2.45, 2.75) is 64.8 Å². The van der Waals surface area contributed by atoms with Crippen molar-refractivity contribution in [2.75, 3.05) is 13.7 Å². The second kappa shape index (κ2) is 8.18. The summed E-state index contributed by atoms with van der Waals surface area (Å²) in [5.74, 6) is -0.271. The molecular weight excluding hydrogens is 242 g/mol. The first kappa shape index (κ1) is 16.0. The molecule has 4 nitrogen and oxygen atoms in total. The lowest BCUT2D eigenvalue weighted by molar-refractivity contribution is -0.147. The lowest BCUT2D eigenvalue weighted by atomic mass is 10.1. The predicted octanol–water partition coefficient (Wildman–Crippen LogP) is 2.76. The third kappa shape index (κ3) is 4.84. The van der Waals surface area contributed by atoms with Gasteiger partial charge in [-0.05, 0) is 19.3 Å². The molecule has 1 unspecified atom stereocenters. The summed E-state index contributed by atoms with van der Waals surface area (Å²) in [6.45, 7) is 4.42. The van der Waals surface area contributed by atoms with E-state index in [1.807, 2.05) is 11.8 Å². The van der Waals surface area contributed by atoms with Crippen LogP contribution in [0.5, 0.6) is 0 Å². The molecule has 0 aromatic heterocycles. The summed E-state index contributed by atoms with van der Waals surface area (Å²) in [7, 11) is 1.40. The average Bonchev–Trinajstić information content (AvgIpc) is 2.94. The van der Waals surface area contributed by atoms with Crippen LogP contribution in [0, 0.1) is 5.92 Å². The first-order valence-corrected chi connectivity index (χ1v) is 7.47. The number of amides is 1. The maximum absolute atomic E-state index is 12.3. The minimum Gasteiger partial charge on any atom is -0.469 e. The van der Waals surface area contributed by atoms with Gasteiger partial charge in [-0.1, -0.05) is 33.1 Å². The molecule has 1 aliphatic rings. The zero-order chi connectivity index (χ0) is 14.3. The first-order chi connectivity index (χ1) is 9.10. The summed E-state index contributed by atoms with van der Waals surface area (Å²) in [5, 5.41) is 0. The molecular formula is C15H27NO3. The van der Waals surface area contributed by atoms with Crippen molar-refractivity contribution in [2.24, 2.45) is 5.92 Å². The summed E-state index contributed by atoms with van der Waals surface area (Å²) in [6.07, 6.45) is 7.08. The standard InChI is InChI=1S/C15H27NO3/c1-4-5-10-14(17)16(13-8-6-7-9-13)11-12(2)15(18)19-3/h12-13H,4-11H2,1-3H3. The molecule has 0 radical (unpaired) electrons. The SMILES string of the molecule is CCCCC(=O)N(CC(C)C(=O)OC)C1CCCC1. The average molecular weight is 269 g/mol. The normalized spacial score (nSPS) is 17.2. The van der Waals surface area contributed by atoms with Gasteiger partial charge in [0.25, 0.3) is 0 Å². The molecule has 1 fully saturated rings. The van der Waals surface area contributed by atoms with Gasteiger partial charge in [-0.15, -0.1) is 0 Å². The van der Waals surface area contributed by atoms with Crippen LogP contribution in [-0.2, 0) is 14.3 Å². The van der Waals surface area contributed by atoms with Crippen molar-refractivity contribution in [1.29, 1.82) is 0 Å². The number of esters is 1. The lowest BCUT2D eigenvalue weighted by Crippen LogP contribution is -2.43. The van der Waals surface area contributed by atoms with Crippen LogP contribution in [0.4, 0.5) is 0 Å². The van der Waals surface area contributed by atoms with Gasteiger partial charge in [0.1, 0.15) is 0 Å². The monoisotopic (exact) mass is 269 g/mol. The molecule has 1 amide bonds. The van der Waals surface area contributed by atoms with Crippen molar-refractivity contribution in [3.63, 3.8) is 0 Å². The molecule has 0 aromatic rings. The van der Waals surface area contributed by atoms with Crippen molar-refractivity contribution >= 4 is 11.9 Å². The number of rotatable bonds is 7. The summed E-state index contributed by atoms with van der Waals surface area (Å²) < 4.78 is 4.76. The van der Waals surface area contributed by atoms with Gasteiger partial charge in [0.05, 0.1) is 13.0 Å². The van der Waals surface area contributed by atoms with Gasteiger partial charge in [-0.25, -0.2) is 0 Å². The van der Waals surface area contributed by atoms with E-state index < -0.39 is 0 Å². The minimum absolute atomic E-state index is 0.199. The van der Waals surface area contributed by atoms with Crippen LogP contribution in [0.3, 0.4) is 0 Å². The molecule has 0 spiro atoms. The Balaban J connectivity index is 2.63. The smallest absolute Gasteiger partial charge is 0.310 e. The van der Waals surface area contributed by atoms with Gasteiger partial charge < -0.3 is 9.64 Å². The van der Waals surface area contributed by atoms with Gasteiger partial charge >= 0.3 is 5.97 Å². The fourth-order valence-corrected chi connectivity index (χ4v) is 2.71. The number of methoxy groups -OCH3 is 1. The van der Waals surface area contributed by atoms with Gasteiger partial charge in [-0.3, -0.25) is 9.59 Å². The van der Waals surface area contributed by atoms with Crippen molar-refractivity contribution in [1.82, 2.24) is 4.90 Å². The van der Waals surface area contributed by atoms with Gasteiger partial charge in [0.15, 0.2) is 0 Å². The summed E-state index contributed by atoms with van der Waals surface area (Å²) in [4.78, 5) is 25.8. The Bertz CT molecular complexity index is 298. The summed E-state index contributed by atoms with van der Waals surface area (Å²) in [6, 6.07) is 0.330. The molecule has 1 saturated carbocycles. The van der Waals surface area contributed by atoms with E-state index in [1.165, 1.54) is 20.0 Å². The molecule has 4 heteroatoms. The van der Waals surface area contributed by atoms with E-state index in [-0.39, 0.29) is 17.8 Å². The van der Waals surface area contributed by atoms with E-state index in [4.69, 9.17) is 4.74 Å². The van der Waals surface area contributed by atoms with Gasteiger partial charge in [0.2, 0.25) is 5.91 Å². The van der Waals surface area contributed by atoms with E-state index in [0.29, 0.717) is 19.0 Å². The van der Waals surface area contributed by atoms with E-state index in [1.54, 1.807) is 0 Å². The Kier molecular flexibility index (Phi) is 6.89. The first-order valence-electron chi connectivity index (χ1n) is 7.47. The zero-order valence-electron chi connectivity index (χ0n) is 12.5. The van der Waals surface area contributed by atoms with Crippen LogP contribution in [0.1, 0.15) is 58.8 Å². The lowest BCUT2D eigenvalue weighted by Gasteiger charge is -2.31. The molecule has 0 heterocycles. The van der Waals surface area contributed by atoms with E-state index in [2.05, 4.69) is 6.92 Å². The van der Waals surface area contributed by atoms with Crippen LogP contribution >= 0.6 is 0 Å². The highest BCUT2D eigenvalue weighted by Crippen LogP contribution is 2.25. The quantitative estimate of drug-likeness (QED) is 0.668. The summed E-state index contributed by atoms with van der Waals surface area (Å²) >= 11 is 0. The number of carbonyl (C=O) groups is 2. The van der Waals surface area contributed by atoms with Gasteiger partial charge in [-0.2, -0.15) is 0 Å². The van der Waals surface area contributed by atoms with Crippen LogP contribution in [0.15, 0.2) is 0 Å². The highest BCUT2D eigenvalue weighted by atomic mass is 16.5. The molecule has 0 saturated heterocycles. The number of unbranched alkanes of at least 4 members (excludes halogenated alkanes) is 1. The van der Waals surface area contributed by atoms with E-state index in [0.717, 1.165) is 25.7 Å². The predicted molar refractivity (Wildman–Crippen MR) is 74.7 cm³/mol. The maximum atomic E-state index is 12.3. The Morgan fingerprint density at radius 1 is 1.32 bits per heavy atom. The molecule has 0 N–H and O–H groups in total. The molecule has 0 aliphatic heterocycles. The number of hydrogen-bond donors (Lipinski definition) is 0. The Hall–Kier alpha value is -1.06. The number of hydrogen-bond acceptors (Lipinski definition) is 3. The highest BCUT2D eigenvalue weighted by molar-refractivity contribution is 5.78. The minimum atomic E-state index is -0.240. The molecule has 0 bridgehead atoms. The topological polar surface area (TPSA) is 46.6 Å². The van der Waals surface area contributed by atoms with Crippen LogP contribution in [-0.4, -0.2) is 36.5 Å². The largest absolute Gasteiger partial charge is 0.469 e. The third-order valence-electron chi connectivity index (χ3n) is 3.90. The highest BCUT2D eigenvalue weighted by Gasteiger charge is 2.29.